The Morgan fingerprint density at radius 2 is 1.85 bits per heavy atom. The number of anilines is 1. The van der Waals surface area contributed by atoms with Gasteiger partial charge >= 0.3 is 5.69 Å². The molecule has 2 aromatic rings. The molecule has 0 saturated heterocycles. The van der Waals surface area contributed by atoms with E-state index in [-0.39, 0.29) is 17.9 Å². The molecule has 2 rings (SSSR count). The molecule has 2 heterocycles. The van der Waals surface area contributed by atoms with Crippen LogP contribution in [0.15, 0.2) is 9.59 Å². The van der Waals surface area contributed by atoms with Crippen LogP contribution in [0.25, 0.3) is 11.2 Å². The van der Waals surface area contributed by atoms with Gasteiger partial charge in [0.25, 0.3) is 5.56 Å². The summed E-state index contributed by atoms with van der Waals surface area (Å²) in [6.45, 7) is 4.64. The predicted molar refractivity (Wildman–Crippen MR) is 76.2 cm³/mol. The van der Waals surface area contributed by atoms with Crippen molar-refractivity contribution in [1.82, 2.24) is 18.7 Å². The second-order valence-corrected chi connectivity index (χ2v) is 4.39. The third-order valence-corrected chi connectivity index (χ3v) is 3.27. The van der Waals surface area contributed by atoms with Crippen molar-refractivity contribution in [3.63, 3.8) is 0 Å². The van der Waals surface area contributed by atoms with E-state index in [4.69, 9.17) is 5.11 Å². The van der Waals surface area contributed by atoms with Crippen molar-refractivity contribution in [1.29, 1.82) is 0 Å². The Morgan fingerprint density at radius 1 is 1.20 bits per heavy atom. The second kappa shape index (κ2) is 5.49. The van der Waals surface area contributed by atoms with Gasteiger partial charge in [-0.15, -0.1) is 0 Å². The van der Waals surface area contributed by atoms with Gasteiger partial charge in [0, 0.05) is 26.7 Å². The second-order valence-electron chi connectivity index (χ2n) is 4.39. The van der Waals surface area contributed by atoms with Crippen LogP contribution in [0.4, 0.5) is 5.95 Å². The molecule has 0 bridgehead atoms. The molecular weight excluding hydrogens is 262 g/mol. The zero-order chi connectivity index (χ0) is 14.9. The van der Waals surface area contributed by atoms with Gasteiger partial charge in [-0.25, -0.2) is 4.79 Å². The molecule has 110 valence electrons. The van der Waals surface area contributed by atoms with Crippen molar-refractivity contribution >= 4 is 17.1 Å². The van der Waals surface area contributed by atoms with Gasteiger partial charge in [-0.2, -0.15) is 4.98 Å². The van der Waals surface area contributed by atoms with E-state index >= 15 is 0 Å². The van der Waals surface area contributed by atoms with Crippen LogP contribution in [0.5, 0.6) is 0 Å². The average molecular weight is 281 g/mol. The number of hydrogen-bond donors (Lipinski definition) is 2. The Balaban J connectivity index is 2.83. The molecule has 0 radical (unpaired) electrons. The maximum atomic E-state index is 12.4. The Labute approximate surface area is 115 Å². The molecule has 0 aliphatic heterocycles. The molecule has 0 fully saturated rings. The van der Waals surface area contributed by atoms with E-state index in [1.807, 2.05) is 6.92 Å². The van der Waals surface area contributed by atoms with Crippen molar-refractivity contribution in [3.05, 3.63) is 20.8 Å². The van der Waals surface area contributed by atoms with E-state index in [2.05, 4.69) is 10.3 Å². The Hall–Kier alpha value is -2.09. The van der Waals surface area contributed by atoms with Crippen molar-refractivity contribution in [2.75, 3.05) is 18.5 Å². The van der Waals surface area contributed by atoms with E-state index in [0.29, 0.717) is 36.7 Å². The summed E-state index contributed by atoms with van der Waals surface area (Å²) in [5.41, 5.74) is 0.0624. The van der Waals surface area contributed by atoms with Crippen LogP contribution in [-0.4, -0.2) is 36.9 Å². The van der Waals surface area contributed by atoms with Gasteiger partial charge in [0.1, 0.15) is 0 Å². The van der Waals surface area contributed by atoms with Gasteiger partial charge in [-0.3, -0.25) is 13.9 Å². The molecule has 0 unspecified atom stereocenters. The number of rotatable bonds is 5. The van der Waals surface area contributed by atoms with E-state index in [0.717, 1.165) is 0 Å². The number of fused-ring (bicyclic) bond motifs is 1. The smallest absolute Gasteiger partial charge is 0.332 e. The van der Waals surface area contributed by atoms with Gasteiger partial charge in [-0.05, 0) is 13.8 Å². The van der Waals surface area contributed by atoms with Crippen molar-refractivity contribution in [3.8, 4) is 0 Å². The number of nitrogens with one attached hydrogen (secondary N) is 1. The average Bonchev–Trinajstić information content (AvgIpc) is 2.75. The lowest BCUT2D eigenvalue weighted by atomic mass is 10.4. The number of aromatic nitrogens is 4. The van der Waals surface area contributed by atoms with Crippen molar-refractivity contribution in [2.45, 2.75) is 26.9 Å². The normalized spacial score (nSPS) is 11.2. The Kier molecular flexibility index (Phi) is 3.93. The molecule has 0 amide bonds. The van der Waals surface area contributed by atoms with Crippen LogP contribution >= 0.6 is 0 Å². The van der Waals surface area contributed by atoms with Crippen molar-refractivity contribution < 1.29 is 5.11 Å². The zero-order valence-corrected chi connectivity index (χ0v) is 11.9. The minimum Gasteiger partial charge on any atom is -0.395 e. The highest BCUT2D eigenvalue weighted by Crippen LogP contribution is 2.13. The molecule has 2 N–H and O–H groups in total. The van der Waals surface area contributed by atoms with Gasteiger partial charge in [0.05, 0.1) is 6.61 Å². The van der Waals surface area contributed by atoms with Crippen LogP contribution in [0.2, 0.25) is 0 Å². The lowest BCUT2D eigenvalue weighted by Gasteiger charge is -2.08. The molecular formula is C12H19N5O3. The van der Waals surface area contributed by atoms with Crippen LogP contribution in [0.1, 0.15) is 13.8 Å². The summed E-state index contributed by atoms with van der Waals surface area (Å²) in [4.78, 5) is 28.9. The van der Waals surface area contributed by atoms with Gasteiger partial charge in [-0.1, -0.05) is 0 Å². The summed E-state index contributed by atoms with van der Waals surface area (Å²) >= 11 is 0. The number of aliphatic hydroxyl groups excluding tert-OH is 1. The highest BCUT2D eigenvalue weighted by Gasteiger charge is 2.18. The monoisotopic (exact) mass is 281 g/mol. The quantitative estimate of drug-likeness (QED) is 0.759. The molecule has 0 aliphatic rings. The SMILES string of the molecule is CCn1c(=O)c2c(nc(NCCO)n2C)n(CC)c1=O. The number of aliphatic hydroxyl groups is 1. The predicted octanol–water partition coefficient (Wildman–Crippen LogP) is -0.659. The third-order valence-electron chi connectivity index (χ3n) is 3.27. The van der Waals surface area contributed by atoms with Crippen LogP contribution in [0, 0.1) is 0 Å². The summed E-state index contributed by atoms with van der Waals surface area (Å²) < 4.78 is 4.29. The molecule has 0 atom stereocenters. The molecule has 2 aromatic heterocycles. The lowest BCUT2D eigenvalue weighted by Crippen LogP contribution is -2.39. The fraction of sp³-hybridized carbons (Fsp3) is 0.583. The summed E-state index contributed by atoms with van der Waals surface area (Å²) in [5.74, 6) is 0.460. The summed E-state index contributed by atoms with van der Waals surface area (Å²) in [5, 5.41) is 11.8. The Morgan fingerprint density at radius 3 is 2.40 bits per heavy atom. The molecule has 0 aromatic carbocycles. The fourth-order valence-corrected chi connectivity index (χ4v) is 2.25. The number of nitrogens with zero attached hydrogens (tertiary/aromatic N) is 4. The highest BCUT2D eigenvalue weighted by atomic mass is 16.3. The van der Waals surface area contributed by atoms with Gasteiger partial charge in [0.2, 0.25) is 5.95 Å². The van der Waals surface area contributed by atoms with Gasteiger partial charge in [0.15, 0.2) is 11.2 Å². The lowest BCUT2D eigenvalue weighted by molar-refractivity contribution is 0.310. The largest absolute Gasteiger partial charge is 0.395 e. The first-order valence-electron chi connectivity index (χ1n) is 6.61. The maximum absolute atomic E-state index is 12.4. The number of aryl methyl sites for hydroxylation is 2. The maximum Gasteiger partial charge on any atom is 0.332 e. The first-order valence-corrected chi connectivity index (χ1v) is 6.61. The first-order chi connectivity index (χ1) is 9.56. The molecule has 0 aliphatic carbocycles. The van der Waals surface area contributed by atoms with Crippen LogP contribution in [0.3, 0.4) is 0 Å². The highest BCUT2D eigenvalue weighted by molar-refractivity contribution is 5.74. The van der Waals surface area contributed by atoms with E-state index in [1.165, 1.54) is 9.13 Å². The van der Waals surface area contributed by atoms with Crippen molar-refractivity contribution in [2.24, 2.45) is 7.05 Å². The molecule has 0 saturated carbocycles. The first kappa shape index (κ1) is 14.3. The van der Waals surface area contributed by atoms with Gasteiger partial charge < -0.3 is 15.0 Å². The summed E-state index contributed by atoms with van der Waals surface area (Å²) in [7, 11) is 1.71. The minimum absolute atomic E-state index is 0.0387. The minimum atomic E-state index is -0.348. The standard InChI is InChI=1S/C12H19N5O3/c1-4-16-9-8(10(19)17(5-2)12(16)20)15(3)11(14-9)13-6-7-18/h18H,4-7H2,1-3H3,(H,13,14). The molecule has 8 heteroatoms. The third kappa shape index (κ3) is 2.01. The van der Waals surface area contributed by atoms with E-state index in [1.54, 1.807) is 18.5 Å². The fourth-order valence-electron chi connectivity index (χ4n) is 2.25. The molecule has 20 heavy (non-hydrogen) atoms. The summed E-state index contributed by atoms with van der Waals surface area (Å²) in [6.07, 6.45) is 0. The summed E-state index contributed by atoms with van der Waals surface area (Å²) in [6, 6.07) is 0. The molecule has 0 spiro atoms. The molecule has 8 nitrogen and oxygen atoms in total. The van der Waals surface area contributed by atoms with Crippen LogP contribution < -0.4 is 16.6 Å². The topological polar surface area (TPSA) is 94.1 Å². The van der Waals surface area contributed by atoms with Crippen LogP contribution in [-0.2, 0) is 20.1 Å². The number of imidazole rings is 1. The van der Waals surface area contributed by atoms with E-state index < -0.39 is 0 Å². The zero-order valence-electron chi connectivity index (χ0n) is 11.9. The number of hydrogen-bond acceptors (Lipinski definition) is 5. The van der Waals surface area contributed by atoms with E-state index in [9.17, 15) is 9.59 Å². The Bertz CT molecular complexity index is 740.